The van der Waals surface area contributed by atoms with Crippen molar-refractivity contribution in [1.29, 1.82) is 0 Å². The second kappa shape index (κ2) is 11.0. The van der Waals surface area contributed by atoms with Gasteiger partial charge >= 0.3 is 11.9 Å². The Morgan fingerprint density at radius 2 is 1.48 bits per heavy atom. The normalized spacial score (nSPS) is 10.9. The van der Waals surface area contributed by atoms with Gasteiger partial charge in [0.25, 0.3) is 0 Å². The smallest absolute Gasteiger partial charge is 0.337 e. The first kappa shape index (κ1) is 25.9. The highest BCUT2D eigenvalue weighted by atomic mass is 32.2. The first-order chi connectivity index (χ1) is 15.5. The molecular formula is C23H28N2O7S. The van der Waals surface area contributed by atoms with Crippen molar-refractivity contribution in [2.24, 2.45) is 0 Å². The average Bonchev–Trinajstić information content (AvgIpc) is 2.76. The zero-order valence-electron chi connectivity index (χ0n) is 19.3. The Hall–Kier alpha value is -3.40. The van der Waals surface area contributed by atoms with Crippen LogP contribution < -0.4 is 9.62 Å². The fraction of sp³-hybridized carbons (Fsp3) is 0.348. The van der Waals surface area contributed by atoms with Crippen molar-refractivity contribution in [3.63, 3.8) is 0 Å². The molecule has 0 heterocycles. The van der Waals surface area contributed by atoms with Crippen LogP contribution in [0.25, 0.3) is 0 Å². The topological polar surface area (TPSA) is 119 Å². The molecule has 0 spiro atoms. The zero-order valence-corrected chi connectivity index (χ0v) is 20.1. The van der Waals surface area contributed by atoms with Crippen molar-refractivity contribution in [2.75, 3.05) is 36.6 Å². The number of carbonyl (C=O) groups excluding carboxylic acids is 3. The summed E-state index contributed by atoms with van der Waals surface area (Å²) in [6.07, 6.45) is 1.40. The van der Waals surface area contributed by atoms with Crippen molar-refractivity contribution in [2.45, 2.75) is 26.7 Å². The highest BCUT2D eigenvalue weighted by Gasteiger charge is 2.19. The van der Waals surface area contributed by atoms with Gasteiger partial charge in [-0.3, -0.25) is 9.10 Å². The molecule has 178 valence electrons. The number of rotatable bonds is 9. The van der Waals surface area contributed by atoms with Crippen molar-refractivity contribution >= 4 is 39.2 Å². The summed E-state index contributed by atoms with van der Waals surface area (Å²) in [7, 11) is -1.14. The molecule has 2 rings (SSSR count). The van der Waals surface area contributed by atoms with E-state index >= 15 is 0 Å². The first-order valence-electron chi connectivity index (χ1n) is 10.1. The van der Waals surface area contributed by atoms with Crippen LogP contribution >= 0.6 is 0 Å². The lowest BCUT2D eigenvalue weighted by Gasteiger charge is -2.23. The van der Waals surface area contributed by atoms with E-state index in [0.717, 1.165) is 17.4 Å². The first-order valence-corrected chi connectivity index (χ1v) is 12.0. The number of nitrogens with zero attached hydrogens (tertiary/aromatic N) is 1. The summed E-state index contributed by atoms with van der Waals surface area (Å²) in [5, 5.41) is 2.63. The number of anilines is 2. The summed E-state index contributed by atoms with van der Waals surface area (Å²) in [5.41, 5.74) is 2.92. The van der Waals surface area contributed by atoms with Crippen LogP contribution in [0, 0.1) is 13.8 Å². The Kier molecular flexibility index (Phi) is 8.58. The van der Waals surface area contributed by atoms with Crippen molar-refractivity contribution < 1.29 is 32.3 Å². The summed E-state index contributed by atoms with van der Waals surface area (Å²) in [6, 6.07) is 9.45. The SMILES string of the molecule is COC(=O)c1cc(NC(=O)CCCN(c2ccc(C)c(C)c2)S(C)(=O)=O)cc(C(=O)OC)c1. The largest absolute Gasteiger partial charge is 0.465 e. The Labute approximate surface area is 193 Å². The Balaban J connectivity index is 2.11. The van der Waals surface area contributed by atoms with E-state index in [1.54, 1.807) is 12.1 Å². The van der Waals surface area contributed by atoms with Crippen molar-refractivity contribution in [1.82, 2.24) is 0 Å². The van der Waals surface area contributed by atoms with E-state index in [4.69, 9.17) is 0 Å². The number of carbonyl (C=O) groups is 3. The van der Waals surface area contributed by atoms with Crippen LogP contribution in [0.2, 0.25) is 0 Å². The molecule has 0 fully saturated rings. The molecule has 0 aliphatic rings. The third-order valence-corrected chi connectivity index (χ3v) is 6.20. The van der Waals surface area contributed by atoms with Gasteiger partial charge in [0.1, 0.15) is 0 Å². The van der Waals surface area contributed by atoms with E-state index < -0.39 is 27.9 Å². The number of aryl methyl sites for hydroxylation is 2. The fourth-order valence-electron chi connectivity index (χ4n) is 3.14. The molecule has 2 aromatic carbocycles. The van der Waals surface area contributed by atoms with E-state index in [0.29, 0.717) is 5.69 Å². The monoisotopic (exact) mass is 476 g/mol. The van der Waals surface area contributed by atoms with Gasteiger partial charge in [0.15, 0.2) is 0 Å². The second-order valence-corrected chi connectivity index (χ2v) is 9.44. The number of ether oxygens (including phenoxy) is 2. The number of nitrogens with one attached hydrogen (secondary N) is 1. The second-order valence-electron chi connectivity index (χ2n) is 7.54. The van der Waals surface area contributed by atoms with Crippen molar-refractivity contribution in [3.05, 3.63) is 58.7 Å². The fourth-order valence-corrected chi connectivity index (χ4v) is 4.10. The standard InChI is InChI=1S/C23H28N2O7S/c1-15-8-9-20(11-16(15)2)25(33(5,29)30)10-6-7-21(26)24-19-13-17(22(27)31-3)12-18(14-19)23(28)32-4/h8-9,11-14H,6-7,10H2,1-5H3,(H,24,26). The summed E-state index contributed by atoms with van der Waals surface area (Å²) in [4.78, 5) is 36.2. The van der Waals surface area contributed by atoms with E-state index in [1.807, 2.05) is 19.9 Å². The predicted molar refractivity (Wildman–Crippen MR) is 125 cm³/mol. The van der Waals surface area contributed by atoms with E-state index in [-0.39, 0.29) is 36.2 Å². The lowest BCUT2D eigenvalue weighted by molar-refractivity contribution is -0.116. The van der Waals surface area contributed by atoms with Crippen molar-refractivity contribution in [3.8, 4) is 0 Å². The number of methoxy groups -OCH3 is 2. The molecule has 0 aliphatic heterocycles. The molecule has 9 nitrogen and oxygen atoms in total. The highest BCUT2D eigenvalue weighted by Crippen LogP contribution is 2.22. The van der Waals surface area contributed by atoms with Gasteiger partial charge in [-0.25, -0.2) is 18.0 Å². The van der Waals surface area contributed by atoms with Crippen LogP contribution in [-0.2, 0) is 24.3 Å². The molecule has 0 unspecified atom stereocenters. The minimum absolute atomic E-state index is 0.0207. The summed E-state index contributed by atoms with van der Waals surface area (Å²) in [5.74, 6) is -1.75. The third kappa shape index (κ3) is 7.04. The molecule has 0 saturated carbocycles. The van der Waals surface area contributed by atoms with E-state index in [2.05, 4.69) is 14.8 Å². The minimum atomic E-state index is -3.54. The Bertz CT molecular complexity index is 1130. The molecule has 33 heavy (non-hydrogen) atoms. The number of hydrogen-bond acceptors (Lipinski definition) is 7. The summed E-state index contributed by atoms with van der Waals surface area (Å²) in [6.45, 7) is 3.96. The predicted octanol–water partition coefficient (Wildman–Crippen LogP) is 3.06. The van der Waals surface area contributed by atoms with Gasteiger partial charge in [0.2, 0.25) is 15.9 Å². The lowest BCUT2D eigenvalue weighted by atomic mass is 10.1. The Morgan fingerprint density at radius 1 is 0.909 bits per heavy atom. The van der Waals surface area contributed by atoms with E-state index in [9.17, 15) is 22.8 Å². The number of hydrogen-bond donors (Lipinski definition) is 1. The maximum atomic E-state index is 12.5. The molecule has 0 aromatic heterocycles. The van der Waals surface area contributed by atoms with Gasteiger partial charge in [-0.05, 0) is 61.7 Å². The molecule has 1 amide bonds. The maximum Gasteiger partial charge on any atom is 0.337 e. The summed E-state index contributed by atoms with van der Waals surface area (Å²) < 4.78 is 35.2. The molecule has 1 N–H and O–H groups in total. The number of benzene rings is 2. The van der Waals surface area contributed by atoms with Gasteiger partial charge in [-0.1, -0.05) is 6.07 Å². The van der Waals surface area contributed by atoms with Gasteiger partial charge in [-0.2, -0.15) is 0 Å². The van der Waals surface area contributed by atoms with Crippen LogP contribution in [0.3, 0.4) is 0 Å². The van der Waals surface area contributed by atoms with Crippen LogP contribution in [0.4, 0.5) is 11.4 Å². The third-order valence-electron chi connectivity index (χ3n) is 5.00. The van der Waals surface area contributed by atoms with Crippen LogP contribution in [0.1, 0.15) is 44.7 Å². The Morgan fingerprint density at radius 3 is 1.97 bits per heavy atom. The quantitative estimate of drug-likeness (QED) is 0.553. The molecule has 10 heteroatoms. The molecule has 2 aromatic rings. The number of esters is 2. The molecule has 0 bridgehead atoms. The molecule has 0 radical (unpaired) electrons. The van der Waals surface area contributed by atoms with Gasteiger partial charge in [0, 0.05) is 18.7 Å². The molecular weight excluding hydrogens is 448 g/mol. The van der Waals surface area contributed by atoms with Gasteiger partial charge < -0.3 is 14.8 Å². The summed E-state index contributed by atoms with van der Waals surface area (Å²) >= 11 is 0. The number of sulfonamides is 1. The molecule has 0 saturated heterocycles. The average molecular weight is 477 g/mol. The van der Waals surface area contributed by atoms with Gasteiger partial charge in [-0.15, -0.1) is 0 Å². The highest BCUT2D eigenvalue weighted by molar-refractivity contribution is 7.92. The lowest BCUT2D eigenvalue weighted by Crippen LogP contribution is -2.31. The van der Waals surface area contributed by atoms with Gasteiger partial charge in [0.05, 0.1) is 37.3 Å². The maximum absolute atomic E-state index is 12.5. The minimum Gasteiger partial charge on any atom is -0.465 e. The molecule has 0 aliphatic carbocycles. The molecule has 0 atom stereocenters. The van der Waals surface area contributed by atoms with Crippen LogP contribution in [0.15, 0.2) is 36.4 Å². The number of amides is 1. The van der Waals surface area contributed by atoms with E-state index in [1.165, 1.54) is 36.7 Å². The van der Waals surface area contributed by atoms with Crippen LogP contribution in [0.5, 0.6) is 0 Å². The zero-order chi connectivity index (χ0) is 24.8. The van der Waals surface area contributed by atoms with Crippen LogP contribution in [-0.4, -0.2) is 53.3 Å².